The average molecular weight is 253 g/mol. The molecule has 0 fully saturated rings. The van der Waals surface area contributed by atoms with Crippen LogP contribution in [0, 0.1) is 0 Å². The normalized spacial score (nSPS) is 9.11. The third kappa shape index (κ3) is 9.71. The summed E-state index contributed by atoms with van der Waals surface area (Å²) in [5, 5.41) is 15.6. The second-order valence-electron chi connectivity index (χ2n) is 2.74. The molecule has 0 spiro atoms. The van der Waals surface area contributed by atoms with Gasteiger partial charge in [0.2, 0.25) is 0 Å². The highest BCUT2D eigenvalue weighted by Gasteiger charge is 1.93. The van der Waals surface area contributed by atoms with E-state index in [-0.39, 0.29) is 0 Å². The van der Waals surface area contributed by atoms with Crippen molar-refractivity contribution in [3.63, 3.8) is 0 Å². The predicted molar refractivity (Wildman–Crippen MR) is 61.1 cm³/mol. The van der Waals surface area contributed by atoms with Crippen LogP contribution in [0.15, 0.2) is 42.5 Å². The minimum atomic E-state index is -1.26. The highest BCUT2D eigenvalue weighted by molar-refractivity contribution is 5.89. The molecule has 1 aromatic rings. The lowest BCUT2D eigenvalue weighted by atomic mass is 10.3. The second kappa shape index (κ2) is 8.34. The van der Waals surface area contributed by atoms with E-state index in [1.54, 1.807) is 24.3 Å². The quantitative estimate of drug-likeness (QED) is 0.685. The number of carbonyl (C=O) groups is 3. The van der Waals surface area contributed by atoms with Gasteiger partial charge in [0.1, 0.15) is 5.75 Å². The van der Waals surface area contributed by atoms with Gasteiger partial charge in [-0.2, -0.15) is 0 Å². The average Bonchev–Trinajstić information content (AvgIpc) is 2.28. The van der Waals surface area contributed by atoms with Crippen LogP contribution in [0.3, 0.4) is 0 Å². The summed E-state index contributed by atoms with van der Waals surface area (Å²) in [5.74, 6) is -2.05. The molecule has 96 valence electrons. The maximum absolute atomic E-state index is 10.2. The van der Waals surface area contributed by atoms with Crippen molar-refractivity contribution < 1.29 is 29.3 Å². The number of para-hydroxylation sites is 1. The fourth-order valence-corrected chi connectivity index (χ4v) is 0.747. The molecular formula is C11H11NO6. The molecule has 7 nitrogen and oxygen atoms in total. The summed E-state index contributed by atoms with van der Waals surface area (Å²) in [6.07, 6.45) is 0.330. The van der Waals surface area contributed by atoms with E-state index in [1.807, 2.05) is 6.07 Å². The number of hydrogen-bond acceptors (Lipinski definition) is 4. The van der Waals surface area contributed by atoms with E-state index in [1.165, 1.54) is 0 Å². The van der Waals surface area contributed by atoms with Crippen LogP contribution in [0.25, 0.3) is 0 Å². The maximum atomic E-state index is 10.2. The molecule has 0 aromatic heterocycles. The van der Waals surface area contributed by atoms with Crippen molar-refractivity contribution in [3.8, 4) is 5.75 Å². The second-order valence-corrected chi connectivity index (χ2v) is 2.74. The Kier molecular flexibility index (Phi) is 7.03. The van der Waals surface area contributed by atoms with Crippen LogP contribution < -0.4 is 10.5 Å². The molecule has 4 N–H and O–H groups in total. The van der Waals surface area contributed by atoms with Crippen LogP contribution >= 0.6 is 0 Å². The first-order valence-electron chi connectivity index (χ1n) is 4.58. The lowest BCUT2D eigenvalue weighted by Gasteiger charge is -1.96. The molecule has 0 saturated heterocycles. The Morgan fingerprint density at radius 2 is 1.44 bits per heavy atom. The molecule has 0 saturated carbocycles. The molecule has 0 unspecified atom stereocenters. The highest BCUT2D eigenvalue weighted by Crippen LogP contribution is 2.07. The Morgan fingerprint density at radius 3 is 1.78 bits per heavy atom. The summed E-state index contributed by atoms with van der Waals surface area (Å²) in [6.45, 7) is 0. The van der Waals surface area contributed by atoms with E-state index in [0.717, 1.165) is 0 Å². The predicted octanol–water partition coefficient (Wildman–Crippen LogP) is 0.856. The zero-order chi connectivity index (χ0) is 14.0. The lowest BCUT2D eigenvalue weighted by Crippen LogP contribution is -2.15. The number of hydrogen-bond donors (Lipinski definition) is 3. The molecule has 18 heavy (non-hydrogen) atoms. The minimum Gasteiger partial charge on any atom is -0.478 e. The van der Waals surface area contributed by atoms with Gasteiger partial charge >= 0.3 is 18.0 Å². The number of rotatable bonds is 3. The van der Waals surface area contributed by atoms with Crippen molar-refractivity contribution in [1.29, 1.82) is 0 Å². The molecule has 0 heterocycles. The van der Waals surface area contributed by atoms with Crippen LogP contribution in [-0.2, 0) is 9.59 Å². The first-order valence-corrected chi connectivity index (χ1v) is 4.58. The summed E-state index contributed by atoms with van der Waals surface area (Å²) in [5.41, 5.74) is 4.76. The van der Waals surface area contributed by atoms with E-state index < -0.39 is 18.0 Å². The molecule has 0 aliphatic heterocycles. The molecule has 1 aromatic carbocycles. The number of carboxylic acid groups (broad SMARTS) is 2. The van der Waals surface area contributed by atoms with E-state index in [2.05, 4.69) is 4.74 Å². The molecule has 0 aliphatic rings. The standard InChI is InChI=1S/C7H7NO2.C4H4O4/c8-7(9)10-6-4-2-1-3-5-6;5-3(6)1-2-4(7)8/h1-5H,(H2,8,9);1-2H,(H,5,6)(H,7,8). The van der Waals surface area contributed by atoms with Gasteiger partial charge < -0.3 is 20.7 Å². The number of ether oxygens (including phenoxy) is 1. The van der Waals surface area contributed by atoms with Crippen molar-refractivity contribution in [2.45, 2.75) is 0 Å². The number of aliphatic carboxylic acids is 2. The lowest BCUT2D eigenvalue weighted by molar-refractivity contribution is -0.134. The number of carbonyl (C=O) groups excluding carboxylic acids is 1. The van der Waals surface area contributed by atoms with E-state index in [9.17, 15) is 14.4 Å². The highest BCUT2D eigenvalue weighted by atomic mass is 16.5. The van der Waals surface area contributed by atoms with Crippen LogP contribution in [0.5, 0.6) is 5.75 Å². The molecule has 0 aliphatic carbocycles. The van der Waals surface area contributed by atoms with Crippen LogP contribution in [0.4, 0.5) is 4.79 Å². The molecular weight excluding hydrogens is 242 g/mol. The summed E-state index contributed by atoms with van der Waals surface area (Å²) < 4.78 is 4.55. The van der Waals surface area contributed by atoms with Gasteiger partial charge in [-0.1, -0.05) is 18.2 Å². The first kappa shape index (κ1) is 15.2. The van der Waals surface area contributed by atoms with Crippen molar-refractivity contribution in [2.75, 3.05) is 0 Å². The van der Waals surface area contributed by atoms with Gasteiger partial charge in [-0.3, -0.25) is 0 Å². The molecule has 0 radical (unpaired) electrons. The van der Waals surface area contributed by atoms with E-state index >= 15 is 0 Å². The van der Waals surface area contributed by atoms with Gasteiger partial charge in [0.15, 0.2) is 0 Å². The van der Waals surface area contributed by atoms with Gasteiger partial charge in [0.25, 0.3) is 0 Å². The summed E-state index contributed by atoms with van der Waals surface area (Å²) in [7, 11) is 0. The topological polar surface area (TPSA) is 127 Å². The van der Waals surface area contributed by atoms with Gasteiger partial charge in [-0.05, 0) is 12.1 Å². The Hall–Kier alpha value is -2.83. The molecule has 0 atom stereocenters. The van der Waals surface area contributed by atoms with Gasteiger partial charge in [-0.15, -0.1) is 0 Å². The van der Waals surface area contributed by atoms with E-state index in [4.69, 9.17) is 15.9 Å². The number of benzene rings is 1. The maximum Gasteiger partial charge on any atom is 0.409 e. The van der Waals surface area contributed by atoms with Crippen molar-refractivity contribution in [3.05, 3.63) is 42.5 Å². The Labute approximate surface area is 102 Å². The van der Waals surface area contributed by atoms with Gasteiger partial charge in [0.05, 0.1) is 0 Å². The molecule has 1 rings (SSSR count). The number of amides is 1. The Balaban J connectivity index is 0.000000331. The molecule has 7 heteroatoms. The zero-order valence-corrected chi connectivity index (χ0v) is 9.15. The van der Waals surface area contributed by atoms with Crippen molar-refractivity contribution >= 4 is 18.0 Å². The third-order valence-corrected chi connectivity index (χ3v) is 1.33. The van der Waals surface area contributed by atoms with Crippen LogP contribution in [-0.4, -0.2) is 28.2 Å². The van der Waals surface area contributed by atoms with Gasteiger partial charge in [-0.25, -0.2) is 14.4 Å². The summed E-state index contributed by atoms with van der Waals surface area (Å²) >= 11 is 0. The largest absolute Gasteiger partial charge is 0.478 e. The summed E-state index contributed by atoms with van der Waals surface area (Å²) in [6, 6.07) is 8.67. The van der Waals surface area contributed by atoms with Crippen molar-refractivity contribution in [2.24, 2.45) is 5.73 Å². The smallest absolute Gasteiger partial charge is 0.409 e. The zero-order valence-electron chi connectivity index (χ0n) is 9.15. The van der Waals surface area contributed by atoms with Crippen molar-refractivity contribution in [1.82, 2.24) is 0 Å². The SMILES string of the molecule is NC(=O)Oc1ccccc1.O=C(O)C=CC(=O)O. The number of nitrogens with two attached hydrogens (primary N) is 1. The molecule has 1 amide bonds. The first-order chi connectivity index (χ1) is 8.41. The van der Waals surface area contributed by atoms with Crippen LogP contribution in [0.1, 0.15) is 0 Å². The minimum absolute atomic E-state index is 0.468. The Morgan fingerprint density at radius 1 is 1.00 bits per heavy atom. The fourth-order valence-electron chi connectivity index (χ4n) is 0.747. The number of primary amides is 1. The monoisotopic (exact) mass is 253 g/mol. The Bertz CT molecular complexity index is 424. The molecule has 0 bridgehead atoms. The number of carboxylic acids is 2. The van der Waals surface area contributed by atoms with E-state index in [0.29, 0.717) is 17.9 Å². The fraction of sp³-hybridized carbons (Fsp3) is 0. The van der Waals surface area contributed by atoms with Crippen LogP contribution in [0.2, 0.25) is 0 Å². The third-order valence-electron chi connectivity index (χ3n) is 1.33. The van der Waals surface area contributed by atoms with Gasteiger partial charge in [0, 0.05) is 12.2 Å². The summed E-state index contributed by atoms with van der Waals surface area (Å²) in [4.78, 5) is 29.3.